The van der Waals surface area contributed by atoms with E-state index in [1.165, 1.54) is 16.8 Å². The molecule has 0 aliphatic rings. The molecule has 1 atom stereocenters. The average Bonchev–Trinajstić information content (AvgIpc) is 2.82. The highest BCUT2D eigenvalue weighted by Gasteiger charge is 2.19. The van der Waals surface area contributed by atoms with Crippen LogP contribution in [0.2, 0.25) is 0 Å². The number of likely N-dealkylation sites (N-methyl/N-ethyl adjacent to an activating group) is 1. The highest BCUT2D eigenvalue weighted by atomic mass is 79.9. The first-order valence-electron chi connectivity index (χ1n) is 7.15. The summed E-state index contributed by atoms with van der Waals surface area (Å²) in [4.78, 5) is 0. The predicted molar refractivity (Wildman–Crippen MR) is 86.9 cm³/mol. The van der Waals surface area contributed by atoms with Crippen LogP contribution in [0, 0.1) is 6.92 Å². The van der Waals surface area contributed by atoms with Crippen molar-refractivity contribution >= 4 is 15.9 Å². The highest BCUT2D eigenvalue weighted by molar-refractivity contribution is 9.10. The van der Waals surface area contributed by atoms with Gasteiger partial charge in [0.25, 0.3) is 0 Å². The van der Waals surface area contributed by atoms with Crippen molar-refractivity contribution in [3.8, 4) is 0 Å². The summed E-state index contributed by atoms with van der Waals surface area (Å²) in [6.45, 7) is 8.21. The van der Waals surface area contributed by atoms with Gasteiger partial charge in [-0.3, -0.25) is 4.68 Å². The summed E-state index contributed by atoms with van der Waals surface area (Å²) in [6.07, 6.45) is 2.86. The summed E-state index contributed by atoms with van der Waals surface area (Å²) >= 11 is 3.63. The van der Waals surface area contributed by atoms with E-state index >= 15 is 0 Å². The maximum Gasteiger partial charge on any atom is 0.0698 e. The molecular weight excluding hydrogens is 314 g/mol. The molecule has 0 spiro atoms. The number of hydrogen-bond donors (Lipinski definition) is 1. The van der Waals surface area contributed by atoms with Crippen LogP contribution in [0.25, 0.3) is 0 Å². The molecule has 0 fully saturated rings. The zero-order valence-corrected chi connectivity index (χ0v) is 13.9. The number of nitrogens with zero attached hydrogens (tertiary/aromatic N) is 2. The van der Waals surface area contributed by atoms with E-state index in [4.69, 9.17) is 0 Å². The minimum absolute atomic E-state index is 0.277. The Morgan fingerprint density at radius 2 is 1.95 bits per heavy atom. The fourth-order valence-corrected chi connectivity index (χ4v) is 3.01. The van der Waals surface area contributed by atoms with Gasteiger partial charge in [0.2, 0.25) is 0 Å². The molecular formula is C16H22BrN3. The Hall–Kier alpha value is -1.13. The van der Waals surface area contributed by atoms with Crippen LogP contribution in [-0.4, -0.2) is 16.3 Å². The molecule has 20 heavy (non-hydrogen) atoms. The standard InChI is InChI=1S/C16H22BrN3/c1-4-18-15(10-13-8-6-12(3)7-9-13)16-14(17)11-19-20(16)5-2/h6-9,11,15,18H,4-5,10H2,1-3H3. The van der Waals surface area contributed by atoms with Crippen LogP contribution in [0.3, 0.4) is 0 Å². The molecule has 3 nitrogen and oxygen atoms in total. The van der Waals surface area contributed by atoms with E-state index in [1.54, 1.807) is 0 Å². The van der Waals surface area contributed by atoms with E-state index in [1.807, 2.05) is 6.20 Å². The average molecular weight is 336 g/mol. The fraction of sp³-hybridized carbons (Fsp3) is 0.438. The van der Waals surface area contributed by atoms with E-state index < -0.39 is 0 Å². The van der Waals surface area contributed by atoms with Crippen molar-refractivity contribution < 1.29 is 0 Å². The molecule has 108 valence electrons. The second kappa shape index (κ2) is 7.04. The Balaban J connectivity index is 2.26. The van der Waals surface area contributed by atoms with Gasteiger partial charge in [0.15, 0.2) is 0 Å². The Kier molecular flexibility index (Phi) is 5.38. The van der Waals surface area contributed by atoms with Gasteiger partial charge in [-0.15, -0.1) is 0 Å². The maximum atomic E-state index is 4.42. The summed E-state index contributed by atoms with van der Waals surface area (Å²) in [6, 6.07) is 9.04. The molecule has 0 amide bonds. The smallest absolute Gasteiger partial charge is 0.0698 e. The lowest BCUT2D eigenvalue weighted by molar-refractivity contribution is 0.488. The Labute approximate surface area is 129 Å². The second-order valence-electron chi connectivity index (χ2n) is 4.99. The minimum Gasteiger partial charge on any atom is -0.309 e. The summed E-state index contributed by atoms with van der Waals surface area (Å²) in [5.74, 6) is 0. The first kappa shape index (κ1) is 15.3. The summed E-state index contributed by atoms with van der Waals surface area (Å²) in [7, 11) is 0. The first-order valence-corrected chi connectivity index (χ1v) is 7.95. The van der Waals surface area contributed by atoms with Crippen LogP contribution in [0.5, 0.6) is 0 Å². The summed E-state index contributed by atoms with van der Waals surface area (Å²) in [5.41, 5.74) is 3.88. The Morgan fingerprint density at radius 1 is 1.25 bits per heavy atom. The van der Waals surface area contributed by atoms with Gasteiger partial charge in [0, 0.05) is 6.54 Å². The van der Waals surface area contributed by atoms with Crippen LogP contribution < -0.4 is 5.32 Å². The second-order valence-corrected chi connectivity index (χ2v) is 5.85. The zero-order chi connectivity index (χ0) is 14.5. The lowest BCUT2D eigenvalue weighted by atomic mass is 10.0. The van der Waals surface area contributed by atoms with Gasteiger partial charge in [-0.2, -0.15) is 5.10 Å². The molecule has 0 radical (unpaired) electrons. The van der Waals surface area contributed by atoms with E-state index in [0.717, 1.165) is 24.0 Å². The highest BCUT2D eigenvalue weighted by Crippen LogP contribution is 2.26. The van der Waals surface area contributed by atoms with Crippen molar-refractivity contribution in [1.29, 1.82) is 0 Å². The van der Waals surface area contributed by atoms with Crippen LogP contribution in [0.1, 0.15) is 36.7 Å². The van der Waals surface area contributed by atoms with Gasteiger partial charge >= 0.3 is 0 Å². The summed E-state index contributed by atoms with van der Waals surface area (Å²) < 4.78 is 3.14. The van der Waals surface area contributed by atoms with Gasteiger partial charge in [0.1, 0.15) is 0 Å². The van der Waals surface area contributed by atoms with Crippen LogP contribution in [0.15, 0.2) is 34.9 Å². The molecule has 0 aliphatic heterocycles. The monoisotopic (exact) mass is 335 g/mol. The number of halogens is 1. The number of hydrogen-bond acceptors (Lipinski definition) is 2. The van der Waals surface area contributed by atoms with Crippen molar-refractivity contribution in [2.75, 3.05) is 6.54 Å². The third-order valence-corrected chi connectivity index (χ3v) is 4.08. The fourth-order valence-electron chi connectivity index (χ4n) is 2.44. The SMILES string of the molecule is CCNC(Cc1ccc(C)cc1)c1c(Br)cnn1CC. The Bertz CT molecular complexity index is 545. The van der Waals surface area contributed by atoms with Crippen LogP contribution in [-0.2, 0) is 13.0 Å². The normalized spacial score (nSPS) is 12.6. The third-order valence-electron chi connectivity index (χ3n) is 3.47. The van der Waals surface area contributed by atoms with Gasteiger partial charge in [-0.25, -0.2) is 0 Å². The molecule has 0 aliphatic carbocycles. The summed E-state index contributed by atoms with van der Waals surface area (Å²) in [5, 5.41) is 8.00. The Morgan fingerprint density at radius 3 is 2.55 bits per heavy atom. The van der Waals surface area contributed by atoms with E-state index in [9.17, 15) is 0 Å². The zero-order valence-electron chi connectivity index (χ0n) is 12.4. The van der Waals surface area contributed by atoms with Crippen molar-refractivity contribution in [2.45, 2.75) is 39.8 Å². The van der Waals surface area contributed by atoms with Crippen LogP contribution in [0.4, 0.5) is 0 Å². The molecule has 2 aromatic rings. The van der Waals surface area contributed by atoms with E-state index in [2.05, 4.69) is 76.1 Å². The third kappa shape index (κ3) is 3.49. The topological polar surface area (TPSA) is 29.9 Å². The van der Waals surface area contributed by atoms with Gasteiger partial charge in [0.05, 0.1) is 22.4 Å². The molecule has 0 saturated carbocycles. The van der Waals surface area contributed by atoms with Crippen molar-refractivity contribution in [2.24, 2.45) is 0 Å². The van der Waals surface area contributed by atoms with Crippen molar-refractivity contribution in [1.82, 2.24) is 15.1 Å². The minimum atomic E-state index is 0.277. The molecule has 1 aromatic heterocycles. The quantitative estimate of drug-likeness (QED) is 0.868. The predicted octanol–water partition coefficient (Wildman–Crippen LogP) is 3.87. The van der Waals surface area contributed by atoms with Gasteiger partial charge < -0.3 is 5.32 Å². The number of nitrogens with one attached hydrogen (secondary N) is 1. The molecule has 1 aromatic carbocycles. The van der Waals surface area contributed by atoms with Crippen molar-refractivity contribution in [3.05, 3.63) is 51.8 Å². The maximum absolute atomic E-state index is 4.42. The first-order chi connectivity index (χ1) is 9.65. The van der Waals surface area contributed by atoms with E-state index in [0.29, 0.717) is 0 Å². The van der Waals surface area contributed by atoms with E-state index in [-0.39, 0.29) is 6.04 Å². The lowest BCUT2D eigenvalue weighted by Crippen LogP contribution is -2.26. The molecule has 1 N–H and O–H groups in total. The number of rotatable bonds is 6. The van der Waals surface area contributed by atoms with Crippen LogP contribution >= 0.6 is 15.9 Å². The molecule has 0 bridgehead atoms. The lowest BCUT2D eigenvalue weighted by Gasteiger charge is -2.20. The van der Waals surface area contributed by atoms with Gasteiger partial charge in [-0.1, -0.05) is 36.8 Å². The largest absolute Gasteiger partial charge is 0.309 e. The molecule has 4 heteroatoms. The molecule has 1 heterocycles. The molecule has 0 saturated heterocycles. The number of benzene rings is 1. The van der Waals surface area contributed by atoms with Gasteiger partial charge in [-0.05, 0) is 48.3 Å². The molecule has 1 unspecified atom stereocenters. The number of aryl methyl sites for hydroxylation is 2. The van der Waals surface area contributed by atoms with Crippen molar-refractivity contribution in [3.63, 3.8) is 0 Å². The number of aromatic nitrogens is 2. The molecule has 2 rings (SSSR count).